The molecule has 1 fully saturated rings. The number of aliphatic carboxylic acids is 1. The number of hydrogen-bond donors (Lipinski definition) is 8. The van der Waals surface area contributed by atoms with Gasteiger partial charge in [0.25, 0.3) is 29.4 Å². The number of phenolic OH excluding ortho intramolecular Hbond substituents is 4. The van der Waals surface area contributed by atoms with Crippen LogP contribution in [0.3, 0.4) is 0 Å². The van der Waals surface area contributed by atoms with Crippen molar-refractivity contribution in [2.75, 3.05) is 17.2 Å². The van der Waals surface area contributed by atoms with Crippen LogP contribution >= 0.6 is 34.9 Å². The molecule has 1 saturated heterocycles. The van der Waals surface area contributed by atoms with Gasteiger partial charge in [-0.3, -0.25) is 34.9 Å². The number of hydrazine groups is 1. The van der Waals surface area contributed by atoms with Crippen molar-refractivity contribution in [2.45, 2.75) is 53.5 Å². The molecule has 24 nitrogen and oxygen atoms in total. The number of rotatable bonds is 14. The van der Waals surface area contributed by atoms with E-state index in [0.717, 1.165) is 70.1 Å². The number of carboxylic acids is 1. The number of carboxylic acid groups (broad SMARTS) is 1. The Labute approximate surface area is 406 Å². The van der Waals surface area contributed by atoms with Crippen LogP contribution in [-0.4, -0.2) is 122 Å². The normalized spacial score (nSPS) is 16.2. The Morgan fingerprint density at radius 1 is 1.02 bits per heavy atom. The molecule has 7 rings (SSSR count). The van der Waals surface area contributed by atoms with Crippen LogP contribution in [0.1, 0.15) is 41.4 Å². The minimum Gasteiger partial charge on any atom is -0.543 e. The van der Waals surface area contributed by atoms with Gasteiger partial charge in [0.15, 0.2) is 49.5 Å². The van der Waals surface area contributed by atoms with Gasteiger partial charge in [-0.15, -0.1) is 40.0 Å². The molecule has 2 aromatic carbocycles. The summed E-state index contributed by atoms with van der Waals surface area (Å²) in [6, 6.07) is 6.64. The van der Waals surface area contributed by atoms with Gasteiger partial charge in [-0.2, -0.15) is 9.50 Å². The van der Waals surface area contributed by atoms with Crippen molar-refractivity contribution < 1.29 is 92.3 Å². The first kappa shape index (κ1) is 49.3. The zero-order chi connectivity index (χ0) is 47.1. The number of nitrogens with two attached hydrogens (primary N) is 1. The van der Waals surface area contributed by atoms with E-state index in [2.05, 4.69) is 41.4 Å². The molecule has 0 spiro atoms. The predicted molar refractivity (Wildman–Crippen MR) is 228 cm³/mol. The molecule has 0 bridgehead atoms. The summed E-state index contributed by atoms with van der Waals surface area (Å²) in [5.41, 5.74) is 7.86. The number of phenols is 4. The third-order valence-corrected chi connectivity index (χ3v) is 14.1. The van der Waals surface area contributed by atoms with E-state index in [1.54, 1.807) is 13.0 Å². The first-order chi connectivity index (χ1) is 30.6. The fourth-order valence-electron chi connectivity index (χ4n) is 6.07. The van der Waals surface area contributed by atoms with E-state index in [1.165, 1.54) is 29.8 Å². The van der Waals surface area contributed by atoms with Gasteiger partial charge in [0.2, 0.25) is 5.60 Å². The molecule has 2 aliphatic heterocycles. The first-order valence-corrected chi connectivity index (χ1v) is 23.1. The summed E-state index contributed by atoms with van der Waals surface area (Å²) in [4.78, 5) is 84.2. The van der Waals surface area contributed by atoms with Gasteiger partial charge in [0.1, 0.15) is 27.9 Å². The topological polar surface area (TPSA) is 366 Å². The maximum Gasteiger partial charge on any atom is 1.00 e. The Bertz CT molecular complexity index is 3000. The van der Waals surface area contributed by atoms with Gasteiger partial charge in [-0.25, -0.2) is 18.4 Å². The van der Waals surface area contributed by atoms with Gasteiger partial charge in [-0.1, -0.05) is 5.16 Å². The van der Waals surface area contributed by atoms with Crippen LogP contribution in [-0.2, 0) is 39.6 Å². The first-order valence-electron chi connectivity index (χ1n) is 18.5. The number of amides is 4. The number of sulfone groups is 1. The zero-order valence-electron chi connectivity index (χ0n) is 34.7. The molecular weight excluding hydrogens is 958 g/mol. The fraction of sp³-hybridized carbons (Fsp3) is 0.243. The molecule has 2 atom stereocenters. The number of fused-ring (bicyclic) bond motifs is 2. The minimum atomic E-state index is -4.08. The van der Waals surface area contributed by atoms with Crippen LogP contribution < -0.4 is 56.6 Å². The molecule has 0 aliphatic carbocycles. The number of carbonyl (C=O) groups is 5. The maximum absolute atomic E-state index is 13.7. The number of nitrogen functional groups attached to an aromatic ring is 1. The van der Waals surface area contributed by atoms with Gasteiger partial charge < -0.3 is 46.2 Å². The zero-order valence-corrected chi connectivity index (χ0v) is 40.0. The summed E-state index contributed by atoms with van der Waals surface area (Å²) in [7, 11) is -4.08. The number of hydrogen-bond acceptors (Lipinski definition) is 22. The smallest absolute Gasteiger partial charge is 0.543 e. The number of oxime groups is 1. The van der Waals surface area contributed by atoms with Gasteiger partial charge >= 0.3 is 29.6 Å². The Balaban J connectivity index is 0.00000720. The number of anilines is 1. The van der Waals surface area contributed by atoms with E-state index < -0.39 is 96.6 Å². The van der Waals surface area contributed by atoms with Gasteiger partial charge in [-0.05, 0) is 62.7 Å². The summed E-state index contributed by atoms with van der Waals surface area (Å²) in [5, 5.41) is 62.8. The molecule has 66 heavy (non-hydrogen) atoms. The summed E-state index contributed by atoms with van der Waals surface area (Å²) in [6.07, 6.45) is 0. The SMILES string of the molecule is Cc1cc(SCC2=C(C(=O)[O-])N3C(=O)[C@@H](NC(=O)/C(=N\OC(C)(C)C(=O)NNC(=O)c4ccc(O)c(O)c4)c4csc(N)n4)[C@H]3SC2)n2nc(CS(=O)(=O)c3ccc(O)c(O)c3)nc2n1.[Na+]. The van der Waals surface area contributed by atoms with Crippen LogP contribution in [0, 0.1) is 6.92 Å². The molecular formula is C37H34N11NaO13S4. The summed E-state index contributed by atoms with van der Waals surface area (Å²) < 4.78 is 27.5. The average Bonchev–Trinajstić information content (AvgIpc) is 3.86. The van der Waals surface area contributed by atoms with Crippen molar-refractivity contribution in [2.24, 2.45) is 5.16 Å². The molecule has 0 unspecified atom stereocenters. The third kappa shape index (κ3) is 10.3. The number of carbonyl (C=O) groups excluding carboxylic acids is 5. The number of aryl methyl sites for hydroxylation is 1. The number of β-lactam (4-membered cyclic amide) rings is 1. The third-order valence-electron chi connectivity index (χ3n) is 9.42. The van der Waals surface area contributed by atoms with Crippen LogP contribution in [0.15, 0.2) is 74.2 Å². The molecule has 5 heterocycles. The van der Waals surface area contributed by atoms with Crippen molar-refractivity contribution in [1.82, 2.24) is 45.6 Å². The van der Waals surface area contributed by atoms with E-state index in [4.69, 9.17) is 10.6 Å². The van der Waals surface area contributed by atoms with Crippen molar-refractivity contribution in [1.29, 1.82) is 0 Å². The summed E-state index contributed by atoms with van der Waals surface area (Å²) in [6.45, 7) is 4.18. The minimum absolute atomic E-state index is 0. The fourth-order valence-corrected chi connectivity index (χ4v) is 10.3. The van der Waals surface area contributed by atoms with E-state index >= 15 is 0 Å². The van der Waals surface area contributed by atoms with Crippen molar-refractivity contribution >= 4 is 90.9 Å². The molecule has 340 valence electrons. The molecule has 9 N–H and O–H groups in total. The molecule has 0 saturated carbocycles. The molecule has 3 aromatic heterocycles. The largest absolute Gasteiger partial charge is 1.00 e. The summed E-state index contributed by atoms with van der Waals surface area (Å²) >= 11 is 3.21. The second kappa shape index (κ2) is 19.4. The number of aromatic nitrogens is 5. The van der Waals surface area contributed by atoms with E-state index in [9.17, 15) is 57.9 Å². The molecule has 2 aliphatic rings. The van der Waals surface area contributed by atoms with Crippen molar-refractivity contribution in [3.63, 3.8) is 0 Å². The Hall–Kier alpha value is -6.17. The predicted octanol–water partition coefficient (Wildman–Crippen LogP) is -3.57. The quantitative estimate of drug-likeness (QED) is 0.0101. The summed E-state index contributed by atoms with van der Waals surface area (Å²) in [5.74, 6) is -8.09. The second-order valence-corrected chi connectivity index (χ2v) is 19.5. The van der Waals surface area contributed by atoms with E-state index in [1.807, 2.05) is 0 Å². The Morgan fingerprint density at radius 3 is 2.36 bits per heavy atom. The number of thioether (sulfide) groups is 2. The van der Waals surface area contributed by atoms with Crippen molar-refractivity contribution in [3.05, 3.63) is 81.9 Å². The maximum atomic E-state index is 13.7. The number of thiazole rings is 1. The standard InChI is InChI=1S/C37H35N11O13S4.Na/c1-15-8-25(48-36(39-15)41-24(45-48)14-65(59,60)18-5-7-21(50)23(52)10-18)62-11-17-12-63-32-27(31(55)47(32)28(17)33(56)57)42-30(54)26(19-13-64-35(38)40-19)46-61-37(2,3)34(58)44-43-29(53)16-4-6-20(49)22(51)9-16;/h4-10,13,27,32,49-52H,11-12,14H2,1-3H3,(H2,38,40)(H,42,54)(H,43,53)(H,44,58)(H,56,57);/q;+1/p-1/b46-26-;/t27-,32-;/m1./s1. The van der Waals surface area contributed by atoms with Crippen LogP contribution in [0.4, 0.5) is 5.13 Å². The van der Waals surface area contributed by atoms with E-state index in [0.29, 0.717) is 16.3 Å². The monoisotopic (exact) mass is 991 g/mol. The molecule has 0 radical (unpaired) electrons. The van der Waals surface area contributed by atoms with Crippen LogP contribution in [0.5, 0.6) is 23.0 Å². The van der Waals surface area contributed by atoms with Crippen LogP contribution in [0.25, 0.3) is 5.78 Å². The number of nitrogens with zero attached hydrogens (tertiary/aromatic N) is 7. The average molecular weight is 992 g/mol. The van der Waals surface area contributed by atoms with Gasteiger partial charge in [0.05, 0.1) is 16.6 Å². The molecule has 4 amide bonds. The number of aromatic hydroxyl groups is 4. The number of benzene rings is 2. The van der Waals surface area contributed by atoms with Crippen molar-refractivity contribution in [3.8, 4) is 23.0 Å². The Morgan fingerprint density at radius 2 is 1.71 bits per heavy atom. The van der Waals surface area contributed by atoms with E-state index in [-0.39, 0.29) is 73.9 Å². The van der Waals surface area contributed by atoms with Gasteiger partial charge in [0, 0.05) is 34.2 Å². The number of nitrogens with one attached hydrogen (secondary N) is 3. The Kier molecular flexibility index (Phi) is 14.4. The van der Waals surface area contributed by atoms with Crippen LogP contribution in [0.2, 0.25) is 0 Å². The molecule has 5 aromatic rings. The molecule has 29 heteroatoms. The second-order valence-electron chi connectivity index (χ2n) is 14.5.